The van der Waals surface area contributed by atoms with E-state index in [4.69, 9.17) is 0 Å². The summed E-state index contributed by atoms with van der Waals surface area (Å²) in [5.74, 6) is 0.0676. The number of nitrogens with zero attached hydrogens (tertiary/aromatic N) is 1. The highest BCUT2D eigenvalue weighted by molar-refractivity contribution is 5.99. The van der Waals surface area contributed by atoms with Crippen molar-refractivity contribution in [3.63, 3.8) is 0 Å². The second-order valence-corrected chi connectivity index (χ2v) is 4.24. The molecule has 1 aliphatic rings. The third kappa shape index (κ3) is 2.23. The molecule has 1 heterocycles. The van der Waals surface area contributed by atoms with Gasteiger partial charge < -0.3 is 4.90 Å². The lowest BCUT2D eigenvalue weighted by molar-refractivity contribution is 0.101. The van der Waals surface area contributed by atoms with Crippen molar-refractivity contribution in [2.24, 2.45) is 0 Å². The number of piperidine rings is 1. The maximum Gasteiger partial charge on any atom is 0.161 e. The average molecular weight is 221 g/mol. The lowest BCUT2D eigenvalue weighted by Crippen LogP contribution is -2.35. The summed E-state index contributed by atoms with van der Waals surface area (Å²) in [5, 5.41) is 0. The van der Waals surface area contributed by atoms with Crippen molar-refractivity contribution >= 4 is 11.5 Å². The number of benzene rings is 1. The van der Waals surface area contributed by atoms with Gasteiger partial charge in [0, 0.05) is 24.3 Å². The normalized spacial score (nSPS) is 17.5. The molecule has 2 rings (SSSR count). The largest absolute Gasteiger partial charge is 0.371 e. The van der Waals surface area contributed by atoms with Crippen molar-refractivity contribution in [2.75, 3.05) is 18.0 Å². The summed E-state index contributed by atoms with van der Waals surface area (Å²) < 4.78 is 13.0. The third-order valence-electron chi connectivity index (χ3n) is 3.05. The van der Waals surface area contributed by atoms with Gasteiger partial charge in [-0.3, -0.25) is 4.79 Å². The van der Waals surface area contributed by atoms with Gasteiger partial charge in [0.25, 0.3) is 0 Å². The van der Waals surface area contributed by atoms with Crippen LogP contribution in [0.25, 0.3) is 0 Å². The van der Waals surface area contributed by atoms with E-state index in [1.807, 2.05) is 24.3 Å². The first kappa shape index (κ1) is 11.1. The molecule has 1 saturated heterocycles. The van der Waals surface area contributed by atoms with Gasteiger partial charge in [0.2, 0.25) is 0 Å². The van der Waals surface area contributed by atoms with E-state index in [0.29, 0.717) is 25.9 Å². The SMILES string of the molecule is CC(=O)c1ccccc1N1CCC(F)CC1. The first-order valence-electron chi connectivity index (χ1n) is 5.67. The van der Waals surface area contributed by atoms with E-state index in [1.165, 1.54) is 0 Å². The van der Waals surface area contributed by atoms with Crippen molar-refractivity contribution in [1.29, 1.82) is 0 Å². The molecule has 0 unspecified atom stereocenters. The number of carbonyl (C=O) groups excluding carboxylic acids is 1. The third-order valence-corrected chi connectivity index (χ3v) is 3.05. The number of hydrogen-bond donors (Lipinski definition) is 0. The van der Waals surface area contributed by atoms with E-state index in [1.54, 1.807) is 6.92 Å². The Balaban J connectivity index is 2.23. The molecule has 2 nitrogen and oxygen atoms in total. The highest BCUT2D eigenvalue weighted by Crippen LogP contribution is 2.25. The highest BCUT2D eigenvalue weighted by Gasteiger charge is 2.20. The lowest BCUT2D eigenvalue weighted by Gasteiger charge is -2.31. The lowest BCUT2D eigenvalue weighted by atomic mass is 10.0. The van der Waals surface area contributed by atoms with E-state index in [9.17, 15) is 9.18 Å². The van der Waals surface area contributed by atoms with Gasteiger partial charge in [0.15, 0.2) is 5.78 Å². The van der Waals surface area contributed by atoms with Crippen LogP contribution in [-0.4, -0.2) is 25.0 Å². The molecule has 0 N–H and O–H groups in total. The maximum atomic E-state index is 13.0. The molecular formula is C13H16FNO. The predicted octanol–water partition coefficient (Wildman–Crippen LogP) is 2.83. The molecule has 1 fully saturated rings. The Hall–Kier alpha value is -1.38. The Labute approximate surface area is 95.1 Å². The van der Waals surface area contributed by atoms with E-state index in [0.717, 1.165) is 11.3 Å². The van der Waals surface area contributed by atoms with E-state index >= 15 is 0 Å². The second-order valence-electron chi connectivity index (χ2n) is 4.24. The number of Topliss-reactive ketones (excluding diaryl/α,β-unsaturated/α-hetero) is 1. The monoisotopic (exact) mass is 221 g/mol. The molecular weight excluding hydrogens is 205 g/mol. The summed E-state index contributed by atoms with van der Waals surface area (Å²) in [6, 6.07) is 7.56. The van der Waals surface area contributed by atoms with Crippen LogP contribution in [0.15, 0.2) is 24.3 Å². The zero-order valence-electron chi connectivity index (χ0n) is 9.45. The zero-order chi connectivity index (χ0) is 11.5. The summed E-state index contributed by atoms with van der Waals surface area (Å²) in [4.78, 5) is 13.6. The van der Waals surface area contributed by atoms with E-state index in [-0.39, 0.29) is 5.78 Å². The van der Waals surface area contributed by atoms with Crippen LogP contribution in [0.5, 0.6) is 0 Å². The van der Waals surface area contributed by atoms with Crippen molar-refractivity contribution < 1.29 is 9.18 Å². The van der Waals surface area contributed by atoms with Crippen LogP contribution < -0.4 is 4.90 Å². The topological polar surface area (TPSA) is 20.3 Å². The molecule has 0 aromatic heterocycles. The van der Waals surface area contributed by atoms with E-state index in [2.05, 4.69) is 4.90 Å². The first-order valence-corrected chi connectivity index (χ1v) is 5.67. The van der Waals surface area contributed by atoms with Gasteiger partial charge >= 0.3 is 0 Å². The van der Waals surface area contributed by atoms with Gasteiger partial charge in [-0.2, -0.15) is 0 Å². The molecule has 86 valence electrons. The number of rotatable bonds is 2. The van der Waals surface area contributed by atoms with Crippen LogP contribution in [0.4, 0.5) is 10.1 Å². The Morgan fingerprint density at radius 3 is 2.56 bits per heavy atom. The molecule has 0 saturated carbocycles. The molecule has 0 spiro atoms. The smallest absolute Gasteiger partial charge is 0.161 e. The Morgan fingerprint density at radius 2 is 1.94 bits per heavy atom. The molecule has 0 amide bonds. The Kier molecular flexibility index (Phi) is 3.22. The summed E-state index contributed by atoms with van der Waals surface area (Å²) in [5.41, 5.74) is 1.68. The zero-order valence-corrected chi connectivity index (χ0v) is 9.45. The van der Waals surface area contributed by atoms with Gasteiger partial charge in [-0.25, -0.2) is 4.39 Å². The fourth-order valence-corrected chi connectivity index (χ4v) is 2.14. The molecule has 3 heteroatoms. The van der Waals surface area contributed by atoms with Crippen LogP contribution in [0.3, 0.4) is 0 Å². The van der Waals surface area contributed by atoms with Crippen LogP contribution in [-0.2, 0) is 0 Å². The number of halogens is 1. The van der Waals surface area contributed by atoms with Crippen molar-refractivity contribution in [1.82, 2.24) is 0 Å². The van der Waals surface area contributed by atoms with Gasteiger partial charge in [-0.1, -0.05) is 12.1 Å². The number of ketones is 1. The van der Waals surface area contributed by atoms with Crippen LogP contribution in [0.2, 0.25) is 0 Å². The molecule has 0 aliphatic carbocycles. The van der Waals surface area contributed by atoms with Crippen LogP contribution in [0.1, 0.15) is 30.1 Å². The second kappa shape index (κ2) is 4.64. The molecule has 0 radical (unpaired) electrons. The number of hydrogen-bond acceptors (Lipinski definition) is 2. The molecule has 1 aliphatic heterocycles. The molecule has 1 aromatic rings. The van der Waals surface area contributed by atoms with Crippen LogP contribution in [0, 0.1) is 0 Å². The molecule has 1 aromatic carbocycles. The minimum absolute atomic E-state index is 0.0676. The number of carbonyl (C=O) groups is 1. The highest BCUT2D eigenvalue weighted by atomic mass is 19.1. The Bertz CT molecular complexity index is 383. The van der Waals surface area contributed by atoms with Gasteiger partial charge in [0.05, 0.1) is 0 Å². The van der Waals surface area contributed by atoms with Gasteiger partial charge in [0.1, 0.15) is 6.17 Å². The number of alkyl halides is 1. The average Bonchev–Trinajstić information content (AvgIpc) is 2.30. The van der Waals surface area contributed by atoms with Crippen molar-refractivity contribution in [3.05, 3.63) is 29.8 Å². The van der Waals surface area contributed by atoms with Gasteiger partial charge in [-0.15, -0.1) is 0 Å². The molecule has 0 bridgehead atoms. The first-order chi connectivity index (χ1) is 7.68. The quantitative estimate of drug-likeness (QED) is 0.716. The fourth-order valence-electron chi connectivity index (χ4n) is 2.14. The van der Waals surface area contributed by atoms with Crippen molar-refractivity contribution in [3.8, 4) is 0 Å². The maximum absolute atomic E-state index is 13.0. The fraction of sp³-hybridized carbons (Fsp3) is 0.462. The standard InChI is InChI=1S/C13H16FNO/c1-10(16)12-4-2-3-5-13(12)15-8-6-11(14)7-9-15/h2-5,11H,6-9H2,1H3. The van der Waals surface area contributed by atoms with E-state index < -0.39 is 6.17 Å². The minimum atomic E-state index is -0.680. The van der Waals surface area contributed by atoms with Gasteiger partial charge in [-0.05, 0) is 31.9 Å². The predicted molar refractivity (Wildman–Crippen MR) is 62.8 cm³/mol. The Morgan fingerprint density at radius 1 is 1.31 bits per heavy atom. The summed E-state index contributed by atoms with van der Waals surface area (Å²) in [6.45, 7) is 2.97. The van der Waals surface area contributed by atoms with Crippen LogP contribution >= 0.6 is 0 Å². The van der Waals surface area contributed by atoms with Crippen molar-refractivity contribution in [2.45, 2.75) is 25.9 Å². The number of anilines is 1. The minimum Gasteiger partial charge on any atom is -0.371 e. The molecule has 16 heavy (non-hydrogen) atoms. The summed E-state index contributed by atoms with van der Waals surface area (Å²) >= 11 is 0. The summed E-state index contributed by atoms with van der Waals surface area (Å²) in [7, 11) is 0. The molecule has 0 atom stereocenters. The number of para-hydroxylation sites is 1. The summed E-state index contributed by atoms with van der Waals surface area (Å²) in [6.07, 6.45) is 0.444.